The average Bonchev–Trinajstić information content (AvgIpc) is 2.70. The smallest absolute Gasteiger partial charge is 0.219 e. The molecule has 3 N–H and O–H groups in total. The number of hydrogen-bond donors (Lipinski definition) is 3. The molecule has 0 aliphatic carbocycles. The van der Waals surface area contributed by atoms with Crippen LogP contribution in [0.5, 0.6) is 0 Å². The molecular weight excluding hydrogens is 398 g/mol. The van der Waals surface area contributed by atoms with E-state index in [-0.39, 0.29) is 12.5 Å². The fourth-order valence-electron chi connectivity index (χ4n) is 3.52. The molecule has 0 saturated carbocycles. The van der Waals surface area contributed by atoms with Gasteiger partial charge in [0, 0.05) is 19.6 Å². The van der Waals surface area contributed by atoms with Crippen molar-refractivity contribution >= 4 is 5.91 Å². The quantitative estimate of drug-likeness (QED) is 0.156. The van der Waals surface area contributed by atoms with Crippen molar-refractivity contribution in [2.75, 3.05) is 13.2 Å². The predicted molar refractivity (Wildman–Crippen MR) is 140 cm³/mol. The number of carbonyl (C=O) groups is 1. The monoisotopic (exact) mass is 457 g/mol. The van der Waals surface area contributed by atoms with Gasteiger partial charge in [-0.25, -0.2) is 0 Å². The summed E-state index contributed by atoms with van der Waals surface area (Å²) in [6.07, 6.45) is 22.8. The van der Waals surface area contributed by atoms with Crippen LogP contribution in [-0.4, -0.2) is 34.9 Å². The van der Waals surface area contributed by atoms with E-state index in [2.05, 4.69) is 26.1 Å². The minimum absolute atomic E-state index is 0.0590. The van der Waals surface area contributed by atoms with E-state index < -0.39 is 5.60 Å². The molecule has 0 heterocycles. The van der Waals surface area contributed by atoms with Crippen LogP contribution in [0.25, 0.3) is 0 Å². The van der Waals surface area contributed by atoms with Crippen LogP contribution in [-0.2, 0) is 4.79 Å². The van der Waals surface area contributed by atoms with Gasteiger partial charge in [-0.2, -0.15) is 0 Å². The van der Waals surface area contributed by atoms with Crippen LogP contribution in [0.1, 0.15) is 150 Å². The fourth-order valence-corrected chi connectivity index (χ4v) is 3.52. The molecule has 0 saturated heterocycles. The summed E-state index contributed by atoms with van der Waals surface area (Å²) < 4.78 is 0. The van der Waals surface area contributed by atoms with Gasteiger partial charge in [0.2, 0.25) is 5.91 Å². The molecule has 0 aromatic rings. The number of rotatable bonds is 21. The average molecular weight is 458 g/mol. The molecule has 0 fully saturated rings. The van der Waals surface area contributed by atoms with Crippen LogP contribution in [0.3, 0.4) is 0 Å². The van der Waals surface area contributed by atoms with Gasteiger partial charge in [0.1, 0.15) is 0 Å². The van der Waals surface area contributed by atoms with E-state index in [9.17, 15) is 4.79 Å². The molecule has 0 rings (SSSR count). The molecule has 0 aromatic carbocycles. The molecule has 0 aromatic heterocycles. The van der Waals surface area contributed by atoms with E-state index in [1.54, 1.807) is 13.8 Å². The maximum atomic E-state index is 11.6. The maximum absolute atomic E-state index is 11.6. The largest absolute Gasteiger partial charge is 0.396 e. The lowest BCUT2D eigenvalue weighted by Crippen LogP contribution is -2.24. The lowest BCUT2D eigenvalue weighted by Gasteiger charge is -2.13. The van der Waals surface area contributed by atoms with Crippen molar-refractivity contribution in [3.05, 3.63) is 0 Å². The minimum Gasteiger partial charge on any atom is -0.396 e. The summed E-state index contributed by atoms with van der Waals surface area (Å²) in [4.78, 5) is 11.6. The standard InChI is InChI=1S/C23H47NO.C5H12O2/c1-4-5-6-7-8-9-10-11-12-13-14-15-16-17-18-19-23(25)24-21-20-22(2)3;1-5(2,7)3-4-6/h22H,4-21H2,1-3H3,(H,24,25);6-7H,3-4H2,1-2H3. The second-order valence-electron chi connectivity index (χ2n) is 10.5. The third-order valence-corrected chi connectivity index (χ3v) is 5.77. The Morgan fingerprint density at radius 1 is 0.781 bits per heavy atom. The zero-order valence-electron chi connectivity index (χ0n) is 22.5. The Morgan fingerprint density at radius 2 is 1.19 bits per heavy atom. The summed E-state index contributed by atoms with van der Waals surface area (Å²) in [5, 5.41) is 20.1. The van der Waals surface area contributed by atoms with Crippen LogP contribution >= 0.6 is 0 Å². The highest BCUT2D eigenvalue weighted by Crippen LogP contribution is 2.13. The number of aliphatic hydroxyl groups is 2. The normalized spacial score (nSPS) is 11.4. The lowest BCUT2D eigenvalue weighted by atomic mass is 10.0. The van der Waals surface area contributed by atoms with Crippen molar-refractivity contribution < 1.29 is 15.0 Å². The van der Waals surface area contributed by atoms with Gasteiger partial charge in [-0.05, 0) is 39.0 Å². The molecular formula is C28H59NO3. The lowest BCUT2D eigenvalue weighted by molar-refractivity contribution is -0.121. The molecule has 32 heavy (non-hydrogen) atoms. The number of hydrogen-bond acceptors (Lipinski definition) is 3. The number of nitrogens with one attached hydrogen (secondary N) is 1. The van der Waals surface area contributed by atoms with Crippen molar-refractivity contribution in [2.24, 2.45) is 5.92 Å². The second-order valence-corrected chi connectivity index (χ2v) is 10.5. The van der Waals surface area contributed by atoms with Gasteiger partial charge < -0.3 is 15.5 Å². The van der Waals surface area contributed by atoms with Crippen LogP contribution in [0.4, 0.5) is 0 Å². The summed E-state index contributed by atoms with van der Waals surface area (Å²) in [7, 11) is 0. The Balaban J connectivity index is 0. The Labute approximate surface area is 201 Å². The highest BCUT2D eigenvalue weighted by atomic mass is 16.3. The van der Waals surface area contributed by atoms with Crippen molar-refractivity contribution in [1.29, 1.82) is 0 Å². The molecule has 0 spiro atoms. The fraction of sp³-hybridized carbons (Fsp3) is 0.964. The van der Waals surface area contributed by atoms with Gasteiger partial charge in [0.15, 0.2) is 0 Å². The SMILES string of the molecule is CC(C)(O)CCO.CCCCCCCCCCCCCCCCCC(=O)NCCC(C)C. The molecule has 4 heteroatoms. The number of unbranched alkanes of at least 4 members (excludes halogenated alkanes) is 14. The molecule has 194 valence electrons. The summed E-state index contributed by atoms with van der Waals surface area (Å²) in [5.41, 5.74) is -0.700. The van der Waals surface area contributed by atoms with Gasteiger partial charge >= 0.3 is 0 Å². The molecule has 0 unspecified atom stereocenters. The van der Waals surface area contributed by atoms with Gasteiger partial charge in [0.25, 0.3) is 0 Å². The highest BCUT2D eigenvalue weighted by Gasteiger charge is 2.09. The van der Waals surface area contributed by atoms with Crippen LogP contribution in [0.2, 0.25) is 0 Å². The summed E-state index contributed by atoms with van der Waals surface area (Å²) in [5.74, 6) is 0.918. The number of carbonyl (C=O) groups excluding carboxylic acids is 1. The van der Waals surface area contributed by atoms with Gasteiger partial charge in [-0.15, -0.1) is 0 Å². The maximum Gasteiger partial charge on any atom is 0.219 e. The van der Waals surface area contributed by atoms with Crippen LogP contribution in [0, 0.1) is 5.92 Å². The Hall–Kier alpha value is -0.610. The first-order valence-corrected chi connectivity index (χ1v) is 13.8. The van der Waals surface area contributed by atoms with E-state index in [0.29, 0.717) is 12.3 Å². The number of amides is 1. The van der Waals surface area contributed by atoms with Crippen LogP contribution < -0.4 is 5.32 Å². The van der Waals surface area contributed by atoms with E-state index >= 15 is 0 Å². The molecule has 0 aliphatic rings. The van der Waals surface area contributed by atoms with Crippen LogP contribution in [0.15, 0.2) is 0 Å². The topological polar surface area (TPSA) is 69.6 Å². The summed E-state index contributed by atoms with van der Waals surface area (Å²) in [6.45, 7) is 10.9. The Kier molecular flexibility index (Phi) is 26.2. The molecule has 0 aliphatic heterocycles. The first kappa shape index (κ1) is 33.6. The van der Waals surface area contributed by atoms with Gasteiger partial charge in [-0.1, -0.05) is 111 Å². The zero-order valence-corrected chi connectivity index (χ0v) is 22.5. The second kappa shape index (κ2) is 25.0. The third kappa shape index (κ3) is 34.0. The Bertz CT molecular complexity index is 377. The first-order chi connectivity index (χ1) is 15.2. The number of aliphatic hydroxyl groups excluding tert-OH is 1. The predicted octanol–water partition coefficient (Wildman–Crippen LogP) is 7.55. The minimum atomic E-state index is -0.700. The molecule has 0 atom stereocenters. The zero-order chi connectivity index (χ0) is 24.5. The molecule has 0 bridgehead atoms. The van der Waals surface area contributed by atoms with Crippen molar-refractivity contribution in [3.63, 3.8) is 0 Å². The van der Waals surface area contributed by atoms with E-state index in [1.165, 1.54) is 89.9 Å². The summed E-state index contributed by atoms with van der Waals surface area (Å²) >= 11 is 0. The van der Waals surface area contributed by atoms with Crippen molar-refractivity contribution in [2.45, 2.75) is 156 Å². The van der Waals surface area contributed by atoms with E-state index in [1.807, 2.05) is 0 Å². The summed E-state index contributed by atoms with van der Waals surface area (Å²) in [6, 6.07) is 0. The Morgan fingerprint density at radius 3 is 1.50 bits per heavy atom. The van der Waals surface area contributed by atoms with Gasteiger partial charge in [0.05, 0.1) is 5.60 Å². The first-order valence-electron chi connectivity index (χ1n) is 13.8. The van der Waals surface area contributed by atoms with Crippen molar-refractivity contribution in [3.8, 4) is 0 Å². The van der Waals surface area contributed by atoms with Crippen molar-refractivity contribution in [1.82, 2.24) is 5.32 Å². The van der Waals surface area contributed by atoms with Gasteiger partial charge in [-0.3, -0.25) is 4.79 Å². The van der Waals surface area contributed by atoms with E-state index in [0.717, 1.165) is 25.8 Å². The molecule has 0 radical (unpaired) electrons. The third-order valence-electron chi connectivity index (χ3n) is 5.77. The van der Waals surface area contributed by atoms with E-state index in [4.69, 9.17) is 10.2 Å². The molecule has 1 amide bonds. The highest BCUT2D eigenvalue weighted by molar-refractivity contribution is 5.75. The molecule has 4 nitrogen and oxygen atoms in total.